The number of hydrogen-bond acceptors (Lipinski definition) is 4. The lowest BCUT2D eigenvalue weighted by Gasteiger charge is -2.25. The predicted octanol–water partition coefficient (Wildman–Crippen LogP) is 5.35. The van der Waals surface area contributed by atoms with Gasteiger partial charge in [0.2, 0.25) is 5.91 Å². The second kappa shape index (κ2) is 10.5. The van der Waals surface area contributed by atoms with Crippen molar-refractivity contribution >= 4 is 27.3 Å². The van der Waals surface area contributed by atoms with Crippen LogP contribution >= 0.6 is 0 Å². The van der Waals surface area contributed by atoms with Crippen molar-refractivity contribution in [1.29, 1.82) is 0 Å². The molecule has 0 aliphatic rings. The highest BCUT2D eigenvalue weighted by Gasteiger charge is 2.27. The van der Waals surface area contributed by atoms with Gasteiger partial charge in [0.15, 0.2) is 0 Å². The van der Waals surface area contributed by atoms with Gasteiger partial charge in [-0.25, -0.2) is 8.42 Å². The maximum absolute atomic E-state index is 13.5. The van der Waals surface area contributed by atoms with Crippen molar-refractivity contribution < 1.29 is 17.9 Å². The third-order valence-electron chi connectivity index (χ3n) is 5.19. The molecule has 1 N–H and O–H groups in total. The van der Waals surface area contributed by atoms with E-state index in [1.807, 2.05) is 52.0 Å². The van der Waals surface area contributed by atoms with E-state index in [1.54, 1.807) is 48.5 Å². The third kappa shape index (κ3) is 5.93. The van der Waals surface area contributed by atoms with Gasteiger partial charge >= 0.3 is 0 Å². The summed E-state index contributed by atoms with van der Waals surface area (Å²) >= 11 is 0. The number of para-hydroxylation sites is 1. The fraction of sp³-hybridized carbons (Fsp3) is 0.269. The number of nitrogens with one attached hydrogen (secondary N) is 1. The summed E-state index contributed by atoms with van der Waals surface area (Å²) in [6.45, 7) is 7.98. The molecule has 0 radical (unpaired) electrons. The summed E-state index contributed by atoms with van der Waals surface area (Å²) in [4.78, 5) is 13.2. The second-order valence-corrected chi connectivity index (χ2v) is 9.90. The average Bonchev–Trinajstić information content (AvgIpc) is 2.79. The molecule has 0 unspecified atom stereocenters. The topological polar surface area (TPSA) is 75.7 Å². The molecule has 0 saturated heterocycles. The van der Waals surface area contributed by atoms with E-state index in [9.17, 15) is 13.2 Å². The van der Waals surface area contributed by atoms with E-state index in [2.05, 4.69) is 5.32 Å². The highest BCUT2D eigenvalue weighted by Crippen LogP contribution is 2.27. The number of nitrogens with zero attached hydrogens (tertiary/aromatic N) is 1. The molecule has 7 heteroatoms. The fourth-order valence-electron chi connectivity index (χ4n) is 3.46. The standard InChI is InChI=1S/C26H30N2O4S/c1-5-32-22-14-12-21(13-15-22)28(33(30,31)23-16-10-20(4)11-17-23)18-26(29)27-25-9-7-6-8-24(25)19(2)3/h6-17,19H,5,18H2,1-4H3,(H,27,29). The van der Waals surface area contributed by atoms with Gasteiger partial charge in [0, 0.05) is 5.69 Å². The lowest BCUT2D eigenvalue weighted by atomic mass is 10.0. The number of amides is 1. The second-order valence-electron chi connectivity index (χ2n) is 8.04. The van der Waals surface area contributed by atoms with Crippen molar-refractivity contribution in [2.24, 2.45) is 0 Å². The van der Waals surface area contributed by atoms with Crippen LogP contribution in [0.25, 0.3) is 0 Å². The van der Waals surface area contributed by atoms with Crippen molar-refractivity contribution in [1.82, 2.24) is 0 Å². The van der Waals surface area contributed by atoms with Crippen LogP contribution in [-0.2, 0) is 14.8 Å². The first kappa shape index (κ1) is 24.3. The SMILES string of the molecule is CCOc1ccc(N(CC(=O)Nc2ccccc2C(C)C)S(=O)(=O)c2ccc(C)cc2)cc1. The summed E-state index contributed by atoms with van der Waals surface area (Å²) < 4.78 is 33.7. The van der Waals surface area contributed by atoms with Crippen LogP contribution in [0.3, 0.4) is 0 Å². The van der Waals surface area contributed by atoms with Gasteiger partial charge in [-0.3, -0.25) is 9.10 Å². The number of anilines is 2. The maximum atomic E-state index is 13.5. The van der Waals surface area contributed by atoms with Crippen molar-refractivity contribution in [2.75, 3.05) is 22.8 Å². The molecule has 0 atom stereocenters. The van der Waals surface area contributed by atoms with E-state index in [1.165, 1.54) is 0 Å². The van der Waals surface area contributed by atoms with Crippen molar-refractivity contribution in [3.05, 3.63) is 83.9 Å². The zero-order valence-electron chi connectivity index (χ0n) is 19.4. The number of benzene rings is 3. The minimum atomic E-state index is -3.98. The summed E-state index contributed by atoms with van der Waals surface area (Å²) in [5.74, 6) is 0.414. The Balaban J connectivity index is 1.95. The fourth-order valence-corrected chi connectivity index (χ4v) is 4.88. The molecule has 33 heavy (non-hydrogen) atoms. The molecule has 0 heterocycles. The quantitative estimate of drug-likeness (QED) is 0.461. The summed E-state index contributed by atoms with van der Waals surface area (Å²) in [7, 11) is -3.98. The molecule has 3 rings (SSSR count). The van der Waals surface area contributed by atoms with Crippen LogP contribution in [0.15, 0.2) is 77.7 Å². The van der Waals surface area contributed by atoms with Gasteiger partial charge in [-0.15, -0.1) is 0 Å². The van der Waals surface area contributed by atoms with Crippen LogP contribution < -0.4 is 14.4 Å². The molecule has 0 fully saturated rings. The highest BCUT2D eigenvalue weighted by molar-refractivity contribution is 7.92. The molecule has 3 aromatic carbocycles. The summed E-state index contributed by atoms with van der Waals surface area (Å²) in [6, 6.07) is 20.8. The molecular weight excluding hydrogens is 436 g/mol. The Morgan fingerprint density at radius 1 is 0.970 bits per heavy atom. The summed E-state index contributed by atoms with van der Waals surface area (Å²) in [5, 5.41) is 2.89. The van der Waals surface area contributed by atoms with Gasteiger partial charge in [0.05, 0.1) is 17.2 Å². The maximum Gasteiger partial charge on any atom is 0.264 e. The largest absolute Gasteiger partial charge is 0.494 e. The molecule has 0 saturated carbocycles. The summed E-state index contributed by atoms with van der Waals surface area (Å²) in [6.07, 6.45) is 0. The van der Waals surface area contributed by atoms with Crippen molar-refractivity contribution in [3.8, 4) is 5.75 Å². The Bertz CT molecular complexity index is 1190. The Morgan fingerprint density at radius 2 is 1.61 bits per heavy atom. The van der Waals surface area contributed by atoms with Crippen LogP contribution in [-0.4, -0.2) is 27.5 Å². The van der Waals surface area contributed by atoms with Gasteiger partial charge < -0.3 is 10.1 Å². The predicted molar refractivity (Wildman–Crippen MR) is 132 cm³/mol. The number of carbonyl (C=O) groups is 1. The molecule has 174 valence electrons. The van der Waals surface area contributed by atoms with E-state index < -0.39 is 15.9 Å². The molecule has 0 aliphatic carbocycles. The number of ether oxygens (including phenoxy) is 1. The van der Waals surface area contributed by atoms with Crippen LogP contribution in [0.5, 0.6) is 5.75 Å². The van der Waals surface area contributed by atoms with Crippen LogP contribution in [0, 0.1) is 6.92 Å². The van der Waals surface area contributed by atoms with Gasteiger partial charge in [0.1, 0.15) is 12.3 Å². The first-order valence-electron chi connectivity index (χ1n) is 10.9. The first-order chi connectivity index (χ1) is 15.7. The third-order valence-corrected chi connectivity index (χ3v) is 6.98. The normalized spacial score (nSPS) is 11.3. The minimum Gasteiger partial charge on any atom is -0.494 e. The monoisotopic (exact) mass is 466 g/mol. The Hall–Kier alpha value is -3.32. The van der Waals surface area contributed by atoms with Crippen molar-refractivity contribution in [2.45, 2.75) is 38.5 Å². The van der Waals surface area contributed by atoms with Crippen molar-refractivity contribution in [3.63, 3.8) is 0 Å². The first-order valence-corrected chi connectivity index (χ1v) is 12.4. The average molecular weight is 467 g/mol. The van der Waals surface area contributed by atoms with E-state index in [4.69, 9.17) is 4.74 Å². The zero-order valence-corrected chi connectivity index (χ0v) is 20.2. The van der Waals surface area contributed by atoms with Gasteiger partial charge in [-0.1, -0.05) is 49.7 Å². The molecule has 1 amide bonds. The number of hydrogen-bond donors (Lipinski definition) is 1. The van der Waals surface area contributed by atoms with Gasteiger partial charge in [-0.05, 0) is 67.8 Å². The Labute approximate surface area is 196 Å². The molecule has 0 aliphatic heterocycles. The lowest BCUT2D eigenvalue weighted by Crippen LogP contribution is -2.38. The van der Waals surface area contributed by atoms with E-state index in [-0.39, 0.29) is 17.4 Å². The zero-order chi connectivity index (χ0) is 24.0. The minimum absolute atomic E-state index is 0.123. The molecule has 0 spiro atoms. The number of carbonyl (C=O) groups excluding carboxylic acids is 1. The van der Waals surface area contributed by atoms with E-state index in [0.717, 1.165) is 15.4 Å². The number of rotatable bonds is 9. The van der Waals surface area contributed by atoms with Crippen LogP contribution in [0.4, 0.5) is 11.4 Å². The van der Waals surface area contributed by atoms with Crippen LogP contribution in [0.1, 0.15) is 37.8 Å². The molecule has 6 nitrogen and oxygen atoms in total. The molecule has 3 aromatic rings. The Morgan fingerprint density at radius 3 is 2.21 bits per heavy atom. The van der Waals surface area contributed by atoms with Gasteiger partial charge in [-0.2, -0.15) is 0 Å². The van der Waals surface area contributed by atoms with Gasteiger partial charge in [0.25, 0.3) is 10.0 Å². The Kier molecular flexibility index (Phi) is 7.76. The molecule has 0 aromatic heterocycles. The van der Waals surface area contributed by atoms with E-state index >= 15 is 0 Å². The molecule has 0 bridgehead atoms. The lowest BCUT2D eigenvalue weighted by molar-refractivity contribution is -0.114. The van der Waals surface area contributed by atoms with E-state index in [0.29, 0.717) is 23.7 Å². The number of sulfonamides is 1. The smallest absolute Gasteiger partial charge is 0.264 e. The van der Waals surface area contributed by atoms with Crippen LogP contribution in [0.2, 0.25) is 0 Å². The summed E-state index contributed by atoms with van der Waals surface area (Å²) in [5.41, 5.74) is 2.99. The number of aryl methyl sites for hydroxylation is 1. The highest BCUT2D eigenvalue weighted by atomic mass is 32.2. The molecular formula is C26H30N2O4S.